The summed E-state index contributed by atoms with van der Waals surface area (Å²) >= 11 is 1.68. The Morgan fingerprint density at radius 3 is 2.57 bits per heavy atom. The molecule has 8 heteroatoms. The van der Waals surface area contributed by atoms with Gasteiger partial charge in [-0.3, -0.25) is 15.0 Å². The van der Waals surface area contributed by atoms with Crippen LogP contribution < -0.4 is 10.6 Å². The fourth-order valence-corrected chi connectivity index (χ4v) is 3.88. The molecule has 2 N–H and O–H groups in total. The summed E-state index contributed by atoms with van der Waals surface area (Å²) in [4.78, 5) is 30.5. The number of rotatable bonds is 6. The van der Waals surface area contributed by atoms with Crippen LogP contribution >= 0.6 is 11.3 Å². The number of likely N-dealkylation sites (tertiary alicyclic amines) is 1. The molecule has 0 radical (unpaired) electrons. The Hall–Kier alpha value is -2.45. The third kappa shape index (κ3) is 5.77. The van der Waals surface area contributed by atoms with Crippen LogP contribution in [0.4, 0.5) is 10.5 Å². The molecule has 3 rings (SSSR count). The first-order chi connectivity index (χ1) is 13.5. The van der Waals surface area contributed by atoms with Crippen LogP contribution in [0.1, 0.15) is 29.1 Å². The number of anilines is 1. The Kier molecular flexibility index (Phi) is 7.00. The topological polar surface area (TPSA) is 83.6 Å². The lowest BCUT2D eigenvalue weighted by molar-refractivity contribution is -0.126. The van der Waals surface area contributed by atoms with Crippen LogP contribution in [0.2, 0.25) is 0 Å². The molecule has 150 valence electrons. The Balaban J connectivity index is 1.40. The standard InChI is InChI=1S/C20H26N4O3S/c1-14-22-18(13-28-14)12-24-9-7-16(8-10-24)19(25)21-11-15-3-5-17(6-4-15)23-20(26)27-2/h3-6,13,16H,7-12H2,1-2H3,(H,21,25)(H,23,26). The zero-order valence-corrected chi connectivity index (χ0v) is 17.1. The molecule has 0 bridgehead atoms. The van der Waals surface area contributed by atoms with E-state index in [2.05, 4.69) is 30.6 Å². The van der Waals surface area contributed by atoms with Crippen molar-refractivity contribution in [1.29, 1.82) is 0 Å². The number of carbonyl (C=O) groups is 2. The van der Waals surface area contributed by atoms with Crippen molar-refractivity contribution in [3.63, 3.8) is 0 Å². The van der Waals surface area contributed by atoms with Crippen LogP contribution in [0, 0.1) is 12.8 Å². The van der Waals surface area contributed by atoms with Crippen molar-refractivity contribution in [3.8, 4) is 0 Å². The summed E-state index contributed by atoms with van der Waals surface area (Å²) < 4.78 is 4.56. The second-order valence-corrected chi connectivity index (χ2v) is 8.00. The van der Waals surface area contributed by atoms with Crippen molar-refractivity contribution < 1.29 is 14.3 Å². The van der Waals surface area contributed by atoms with Crippen LogP contribution in [0.15, 0.2) is 29.6 Å². The quantitative estimate of drug-likeness (QED) is 0.775. The summed E-state index contributed by atoms with van der Waals surface area (Å²) in [6.45, 7) is 5.21. The molecule has 1 aliphatic rings. The minimum absolute atomic E-state index is 0.0636. The molecule has 1 aromatic heterocycles. The van der Waals surface area contributed by atoms with E-state index in [9.17, 15) is 9.59 Å². The van der Waals surface area contributed by atoms with Crippen LogP contribution in [0.25, 0.3) is 0 Å². The second kappa shape index (κ2) is 9.66. The summed E-state index contributed by atoms with van der Waals surface area (Å²) in [5, 5.41) is 8.84. The number of benzene rings is 1. The number of ether oxygens (including phenoxy) is 1. The van der Waals surface area contributed by atoms with Gasteiger partial charge in [0.15, 0.2) is 0 Å². The van der Waals surface area contributed by atoms with Gasteiger partial charge in [-0.15, -0.1) is 11.3 Å². The van der Waals surface area contributed by atoms with E-state index >= 15 is 0 Å². The zero-order valence-electron chi connectivity index (χ0n) is 16.2. The third-order valence-corrected chi connectivity index (χ3v) is 5.69. The van der Waals surface area contributed by atoms with Crippen LogP contribution in [-0.4, -0.2) is 42.1 Å². The molecule has 7 nitrogen and oxygen atoms in total. The Morgan fingerprint density at radius 1 is 1.25 bits per heavy atom. The second-order valence-electron chi connectivity index (χ2n) is 6.94. The summed E-state index contributed by atoms with van der Waals surface area (Å²) in [7, 11) is 1.32. The molecular formula is C20H26N4O3S. The maximum absolute atomic E-state index is 12.5. The number of carbonyl (C=O) groups excluding carboxylic acids is 2. The minimum atomic E-state index is -0.502. The number of piperidine rings is 1. The van der Waals surface area contributed by atoms with Crippen LogP contribution in [0.3, 0.4) is 0 Å². The largest absolute Gasteiger partial charge is 0.453 e. The molecule has 1 fully saturated rings. The zero-order chi connectivity index (χ0) is 19.9. The first-order valence-electron chi connectivity index (χ1n) is 9.38. The summed E-state index contributed by atoms with van der Waals surface area (Å²) in [5.41, 5.74) is 2.76. The van der Waals surface area contributed by atoms with Crippen molar-refractivity contribution in [1.82, 2.24) is 15.2 Å². The highest BCUT2D eigenvalue weighted by molar-refractivity contribution is 7.09. The molecular weight excluding hydrogens is 376 g/mol. The van der Waals surface area contributed by atoms with Gasteiger partial charge in [-0.2, -0.15) is 0 Å². The average molecular weight is 403 g/mol. The number of thiazole rings is 1. The lowest BCUT2D eigenvalue weighted by Gasteiger charge is -2.30. The lowest BCUT2D eigenvalue weighted by Crippen LogP contribution is -2.40. The predicted molar refractivity (Wildman–Crippen MR) is 109 cm³/mol. The molecule has 0 spiro atoms. The maximum Gasteiger partial charge on any atom is 0.411 e. The van der Waals surface area contributed by atoms with Crippen molar-refractivity contribution >= 4 is 29.0 Å². The Morgan fingerprint density at radius 2 is 1.96 bits per heavy atom. The molecule has 28 heavy (non-hydrogen) atoms. The fourth-order valence-electron chi connectivity index (χ4n) is 3.27. The molecule has 0 aliphatic carbocycles. The molecule has 1 saturated heterocycles. The van der Waals surface area contributed by atoms with E-state index in [1.54, 1.807) is 23.5 Å². The van der Waals surface area contributed by atoms with Gasteiger partial charge < -0.3 is 10.1 Å². The van der Waals surface area contributed by atoms with Gasteiger partial charge in [0.1, 0.15) is 0 Å². The van der Waals surface area contributed by atoms with E-state index in [1.807, 2.05) is 19.1 Å². The smallest absolute Gasteiger partial charge is 0.411 e. The van der Waals surface area contributed by atoms with Crippen molar-refractivity contribution in [2.75, 3.05) is 25.5 Å². The number of amides is 2. The molecule has 2 amide bonds. The Bertz CT molecular complexity index is 798. The van der Waals surface area contributed by atoms with E-state index in [-0.39, 0.29) is 11.8 Å². The number of methoxy groups -OCH3 is 1. The molecule has 0 atom stereocenters. The summed E-state index contributed by atoms with van der Waals surface area (Å²) in [6, 6.07) is 7.34. The van der Waals surface area contributed by atoms with E-state index in [0.29, 0.717) is 12.2 Å². The van der Waals surface area contributed by atoms with Crippen LogP contribution in [-0.2, 0) is 22.6 Å². The molecule has 1 aliphatic heterocycles. The summed E-state index contributed by atoms with van der Waals surface area (Å²) in [5.74, 6) is 0.176. The number of hydrogen-bond acceptors (Lipinski definition) is 6. The van der Waals surface area contributed by atoms with Gasteiger partial charge in [0.05, 0.1) is 17.8 Å². The van der Waals surface area contributed by atoms with Gasteiger partial charge in [-0.25, -0.2) is 9.78 Å². The number of aromatic nitrogens is 1. The molecule has 1 aromatic carbocycles. The highest BCUT2D eigenvalue weighted by Gasteiger charge is 2.25. The first kappa shape index (κ1) is 20.3. The highest BCUT2D eigenvalue weighted by atomic mass is 32.1. The van der Waals surface area contributed by atoms with Gasteiger partial charge in [-0.1, -0.05) is 12.1 Å². The predicted octanol–water partition coefficient (Wildman–Crippen LogP) is 3.16. The SMILES string of the molecule is COC(=O)Nc1ccc(CNC(=O)C2CCN(Cc3csc(C)n3)CC2)cc1. The van der Waals surface area contributed by atoms with E-state index in [0.717, 1.165) is 48.7 Å². The molecule has 0 saturated carbocycles. The number of nitrogens with zero attached hydrogens (tertiary/aromatic N) is 2. The molecule has 0 unspecified atom stereocenters. The molecule has 2 aromatic rings. The van der Waals surface area contributed by atoms with Crippen molar-refractivity contribution in [2.24, 2.45) is 5.92 Å². The van der Waals surface area contributed by atoms with Gasteiger partial charge in [0, 0.05) is 30.1 Å². The van der Waals surface area contributed by atoms with E-state index in [4.69, 9.17) is 0 Å². The minimum Gasteiger partial charge on any atom is -0.453 e. The fraction of sp³-hybridized carbons (Fsp3) is 0.450. The molecule has 2 heterocycles. The Labute approximate surface area is 169 Å². The first-order valence-corrected chi connectivity index (χ1v) is 10.3. The normalized spacial score (nSPS) is 15.2. The van der Waals surface area contributed by atoms with Gasteiger partial charge in [0.2, 0.25) is 5.91 Å². The van der Waals surface area contributed by atoms with Gasteiger partial charge >= 0.3 is 6.09 Å². The van der Waals surface area contributed by atoms with E-state index < -0.39 is 6.09 Å². The highest BCUT2D eigenvalue weighted by Crippen LogP contribution is 2.20. The number of hydrogen-bond donors (Lipinski definition) is 2. The monoisotopic (exact) mass is 402 g/mol. The van der Waals surface area contributed by atoms with E-state index in [1.165, 1.54) is 7.11 Å². The van der Waals surface area contributed by atoms with Gasteiger partial charge in [0.25, 0.3) is 0 Å². The number of nitrogens with one attached hydrogen (secondary N) is 2. The third-order valence-electron chi connectivity index (χ3n) is 4.86. The van der Waals surface area contributed by atoms with Crippen LogP contribution in [0.5, 0.6) is 0 Å². The summed E-state index contributed by atoms with van der Waals surface area (Å²) in [6.07, 6.45) is 1.24. The maximum atomic E-state index is 12.5. The number of aryl methyl sites for hydroxylation is 1. The van der Waals surface area contributed by atoms with Gasteiger partial charge in [-0.05, 0) is 50.6 Å². The average Bonchev–Trinajstić information content (AvgIpc) is 3.12. The lowest BCUT2D eigenvalue weighted by atomic mass is 9.95. The van der Waals surface area contributed by atoms with Crippen molar-refractivity contribution in [2.45, 2.75) is 32.9 Å². The van der Waals surface area contributed by atoms with Crippen molar-refractivity contribution in [3.05, 3.63) is 45.9 Å².